The van der Waals surface area contributed by atoms with E-state index < -0.39 is 0 Å². The van der Waals surface area contributed by atoms with Gasteiger partial charge in [-0.1, -0.05) is 6.07 Å². The third-order valence-electron chi connectivity index (χ3n) is 4.52. The van der Waals surface area contributed by atoms with Gasteiger partial charge < -0.3 is 15.0 Å². The maximum Gasteiger partial charge on any atom is 0.337 e. The Morgan fingerprint density at radius 1 is 1.29 bits per heavy atom. The lowest BCUT2D eigenvalue weighted by molar-refractivity contribution is 0.0600. The van der Waals surface area contributed by atoms with Gasteiger partial charge in [0.15, 0.2) is 0 Å². The van der Waals surface area contributed by atoms with Crippen molar-refractivity contribution in [1.29, 1.82) is 0 Å². The summed E-state index contributed by atoms with van der Waals surface area (Å²) in [5, 5.41) is 3.34. The maximum atomic E-state index is 11.7. The normalized spacial score (nSPS) is 16.5. The van der Waals surface area contributed by atoms with Crippen molar-refractivity contribution in [2.75, 3.05) is 23.9 Å². The van der Waals surface area contributed by atoms with Crippen LogP contribution in [0.15, 0.2) is 30.5 Å². The molecule has 0 amide bonds. The zero-order valence-corrected chi connectivity index (χ0v) is 13.7. The lowest BCUT2D eigenvalue weighted by Crippen LogP contribution is -2.31. The second-order valence-electron chi connectivity index (χ2n) is 6.30. The number of carbonyl (C=O) groups is 1. The maximum absolute atomic E-state index is 11.7. The average Bonchev–Trinajstić information content (AvgIpc) is 3.44. The van der Waals surface area contributed by atoms with E-state index >= 15 is 0 Å². The van der Waals surface area contributed by atoms with Crippen molar-refractivity contribution < 1.29 is 9.53 Å². The van der Waals surface area contributed by atoms with Gasteiger partial charge in [0.1, 0.15) is 5.82 Å². The van der Waals surface area contributed by atoms with Crippen molar-refractivity contribution in [2.24, 2.45) is 0 Å². The van der Waals surface area contributed by atoms with Crippen LogP contribution in [0.25, 0.3) is 0 Å². The van der Waals surface area contributed by atoms with Gasteiger partial charge in [0.05, 0.1) is 12.7 Å². The van der Waals surface area contributed by atoms with E-state index in [1.54, 1.807) is 0 Å². The van der Waals surface area contributed by atoms with Crippen LogP contribution in [0.3, 0.4) is 0 Å². The summed E-state index contributed by atoms with van der Waals surface area (Å²) < 4.78 is 4.79. The van der Waals surface area contributed by atoms with Gasteiger partial charge in [0, 0.05) is 25.3 Å². The van der Waals surface area contributed by atoms with Crippen LogP contribution in [0.1, 0.15) is 34.3 Å². The summed E-state index contributed by atoms with van der Waals surface area (Å²) in [6, 6.07) is 8.27. The number of nitrogens with one attached hydrogen (secondary N) is 1. The van der Waals surface area contributed by atoms with Gasteiger partial charge in [-0.25, -0.2) is 9.78 Å². The Morgan fingerprint density at radius 3 is 2.96 bits per heavy atom. The minimum atomic E-state index is -0.285. The third-order valence-corrected chi connectivity index (χ3v) is 4.52. The SMILES string of the molecule is COC(=O)c1ccc2c(c1)CCN(c1ccnc(NC3CC3)n1)C2. The van der Waals surface area contributed by atoms with Crippen LogP contribution in [0.5, 0.6) is 0 Å². The molecule has 24 heavy (non-hydrogen) atoms. The number of nitrogens with zero attached hydrogens (tertiary/aromatic N) is 3. The zero-order valence-electron chi connectivity index (χ0n) is 13.7. The van der Waals surface area contributed by atoms with E-state index in [0.29, 0.717) is 17.6 Å². The van der Waals surface area contributed by atoms with Crippen molar-refractivity contribution in [3.63, 3.8) is 0 Å². The summed E-state index contributed by atoms with van der Waals surface area (Å²) in [6.45, 7) is 1.66. The molecule has 6 nitrogen and oxygen atoms in total. The topological polar surface area (TPSA) is 67.3 Å². The van der Waals surface area contributed by atoms with Crippen LogP contribution in [-0.4, -0.2) is 35.6 Å². The Kier molecular flexibility index (Phi) is 3.80. The van der Waals surface area contributed by atoms with Gasteiger partial charge in [-0.15, -0.1) is 0 Å². The van der Waals surface area contributed by atoms with E-state index in [-0.39, 0.29) is 5.97 Å². The molecule has 2 aromatic rings. The number of rotatable bonds is 4. The number of aromatic nitrogens is 2. The number of fused-ring (bicyclic) bond motifs is 1. The molecule has 1 aliphatic heterocycles. The molecule has 0 unspecified atom stereocenters. The minimum Gasteiger partial charge on any atom is -0.465 e. The molecule has 0 spiro atoms. The highest BCUT2D eigenvalue weighted by Crippen LogP contribution is 2.26. The molecule has 0 atom stereocenters. The molecule has 4 rings (SSSR count). The van der Waals surface area contributed by atoms with Crippen molar-refractivity contribution in [3.8, 4) is 0 Å². The first kappa shape index (κ1) is 14.9. The van der Waals surface area contributed by atoms with E-state index in [2.05, 4.69) is 20.2 Å². The number of benzene rings is 1. The molecule has 1 aromatic heterocycles. The molecule has 0 bridgehead atoms. The fraction of sp³-hybridized carbons (Fsp3) is 0.389. The third kappa shape index (κ3) is 3.04. The standard InChI is InChI=1S/C18H20N4O2/c1-24-17(23)13-2-3-14-11-22(9-7-12(14)10-13)16-6-8-19-18(21-16)20-15-4-5-15/h2-3,6,8,10,15H,4-5,7,9,11H2,1H3,(H,19,20,21). The highest BCUT2D eigenvalue weighted by molar-refractivity contribution is 5.89. The van der Waals surface area contributed by atoms with Crippen LogP contribution >= 0.6 is 0 Å². The van der Waals surface area contributed by atoms with E-state index in [9.17, 15) is 4.79 Å². The Morgan fingerprint density at radius 2 is 2.17 bits per heavy atom. The van der Waals surface area contributed by atoms with Crippen molar-refractivity contribution in [3.05, 3.63) is 47.2 Å². The summed E-state index contributed by atoms with van der Waals surface area (Å²) in [5.74, 6) is 1.37. The summed E-state index contributed by atoms with van der Waals surface area (Å²) in [7, 11) is 1.41. The molecule has 1 aliphatic carbocycles. The van der Waals surface area contributed by atoms with E-state index in [0.717, 1.165) is 25.3 Å². The molecule has 6 heteroatoms. The molecule has 0 radical (unpaired) electrons. The van der Waals surface area contributed by atoms with Gasteiger partial charge in [-0.2, -0.15) is 4.98 Å². The zero-order chi connectivity index (χ0) is 16.5. The van der Waals surface area contributed by atoms with Crippen LogP contribution in [-0.2, 0) is 17.7 Å². The fourth-order valence-electron chi connectivity index (χ4n) is 3.00. The molecule has 2 heterocycles. The van der Waals surface area contributed by atoms with Gasteiger partial charge in [0.25, 0.3) is 0 Å². The monoisotopic (exact) mass is 324 g/mol. The molecule has 1 saturated carbocycles. The predicted molar refractivity (Wildman–Crippen MR) is 91.2 cm³/mol. The summed E-state index contributed by atoms with van der Waals surface area (Å²) in [4.78, 5) is 22.8. The number of anilines is 2. The molecule has 0 saturated heterocycles. The highest BCUT2D eigenvalue weighted by atomic mass is 16.5. The van der Waals surface area contributed by atoms with Gasteiger partial charge in [-0.05, 0) is 48.6 Å². The van der Waals surface area contributed by atoms with Crippen molar-refractivity contribution in [1.82, 2.24) is 9.97 Å². The van der Waals surface area contributed by atoms with Crippen molar-refractivity contribution in [2.45, 2.75) is 31.8 Å². The van der Waals surface area contributed by atoms with Crippen LogP contribution in [0.2, 0.25) is 0 Å². The van der Waals surface area contributed by atoms with Gasteiger partial charge in [0.2, 0.25) is 5.95 Å². The number of methoxy groups -OCH3 is 1. The smallest absolute Gasteiger partial charge is 0.337 e. The highest BCUT2D eigenvalue weighted by Gasteiger charge is 2.23. The second kappa shape index (κ2) is 6.11. The molecular formula is C18H20N4O2. The predicted octanol–water partition coefficient (Wildman–Crippen LogP) is 2.40. The molecule has 124 valence electrons. The van der Waals surface area contributed by atoms with E-state index in [1.165, 1.54) is 31.1 Å². The second-order valence-corrected chi connectivity index (χ2v) is 6.30. The Labute approximate surface area is 140 Å². The summed E-state index contributed by atoms with van der Waals surface area (Å²) >= 11 is 0. The van der Waals surface area contributed by atoms with E-state index in [4.69, 9.17) is 4.74 Å². The Hall–Kier alpha value is -2.63. The lowest BCUT2D eigenvalue weighted by Gasteiger charge is -2.30. The largest absolute Gasteiger partial charge is 0.465 e. The number of ether oxygens (including phenoxy) is 1. The molecule has 2 aliphatic rings. The van der Waals surface area contributed by atoms with Gasteiger partial charge >= 0.3 is 5.97 Å². The Balaban J connectivity index is 1.52. The summed E-state index contributed by atoms with van der Waals surface area (Å²) in [6.07, 6.45) is 5.10. The summed E-state index contributed by atoms with van der Waals surface area (Å²) in [5.41, 5.74) is 3.05. The van der Waals surface area contributed by atoms with Crippen molar-refractivity contribution >= 4 is 17.7 Å². The minimum absolute atomic E-state index is 0.285. The average molecular weight is 324 g/mol. The first-order chi connectivity index (χ1) is 11.7. The number of carbonyl (C=O) groups excluding carboxylic acids is 1. The molecular weight excluding hydrogens is 304 g/mol. The Bertz CT molecular complexity index is 773. The molecule has 1 aromatic carbocycles. The van der Waals surface area contributed by atoms with Crippen LogP contribution < -0.4 is 10.2 Å². The molecule has 1 N–H and O–H groups in total. The lowest BCUT2D eigenvalue weighted by atomic mass is 9.97. The number of hydrogen-bond donors (Lipinski definition) is 1. The molecule has 1 fully saturated rings. The van der Waals surface area contributed by atoms with E-state index in [1.807, 2.05) is 30.5 Å². The van der Waals surface area contributed by atoms with Gasteiger partial charge in [-0.3, -0.25) is 0 Å². The quantitative estimate of drug-likeness (QED) is 0.871. The number of esters is 1. The first-order valence-corrected chi connectivity index (χ1v) is 8.27. The fourth-order valence-corrected chi connectivity index (χ4v) is 3.00. The van der Waals surface area contributed by atoms with Crippen LogP contribution in [0, 0.1) is 0 Å². The van der Waals surface area contributed by atoms with Crippen LogP contribution in [0.4, 0.5) is 11.8 Å². The first-order valence-electron chi connectivity index (χ1n) is 8.27. The number of hydrogen-bond acceptors (Lipinski definition) is 6.